The number of amides is 2. The normalized spacial score (nSPS) is 13.9. The standard InChI is InChI=1S/C26H23ClN2O2/c1-15-5-8-19(9-6-15)23-24(28-21-11-10-20(27)14-17(21)3)26(31)29(25(23)30)22-12-7-16(2)13-18(22)4/h5-14,28H,1-4H3. The summed E-state index contributed by atoms with van der Waals surface area (Å²) in [5, 5.41) is 3.83. The summed E-state index contributed by atoms with van der Waals surface area (Å²) >= 11 is 6.09. The molecule has 0 bridgehead atoms. The predicted molar refractivity (Wildman–Crippen MR) is 126 cm³/mol. The fourth-order valence-corrected chi connectivity index (χ4v) is 4.04. The van der Waals surface area contributed by atoms with E-state index < -0.39 is 0 Å². The molecule has 5 heteroatoms. The Labute approximate surface area is 187 Å². The Morgan fingerprint density at radius 3 is 2.06 bits per heavy atom. The Hall–Kier alpha value is -3.37. The van der Waals surface area contributed by atoms with Gasteiger partial charge >= 0.3 is 0 Å². The molecule has 3 aromatic carbocycles. The van der Waals surface area contributed by atoms with Crippen LogP contribution in [0, 0.1) is 27.7 Å². The van der Waals surface area contributed by atoms with Crippen LogP contribution >= 0.6 is 11.6 Å². The number of hydrogen-bond acceptors (Lipinski definition) is 3. The molecule has 0 unspecified atom stereocenters. The lowest BCUT2D eigenvalue weighted by Gasteiger charge is -2.18. The molecule has 0 saturated heterocycles. The highest BCUT2D eigenvalue weighted by Gasteiger charge is 2.40. The van der Waals surface area contributed by atoms with Crippen molar-refractivity contribution in [1.29, 1.82) is 0 Å². The summed E-state index contributed by atoms with van der Waals surface area (Å²) in [6.07, 6.45) is 0. The highest BCUT2D eigenvalue weighted by Crippen LogP contribution is 2.36. The molecule has 0 atom stereocenters. The summed E-state index contributed by atoms with van der Waals surface area (Å²) in [7, 11) is 0. The van der Waals surface area contributed by atoms with Crippen molar-refractivity contribution < 1.29 is 9.59 Å². The van der Waals surface area contributed by atoms with Crippen molar-refractivity contribution in [2.24, 2.45) is 0 Å². The van der Waals surface area contributed by atoms with Crippen molar-refractivity contribution in [1.82, 2.24) is 0 Å². The summed E-state index contributed by atoms with van der Waals surface area (Å²) in [4.78, 5) is 28.4. The van der Waals surface area contributed by atoms with Gasteiger partial charge in [-0.25, -0.2) is 4.90 Å². The van der Waals surface area contributed by atoms with Crippen LogP contribution in [0.5, 0.6) is 0 Å². The predicted octanol–water partition coefficient (Wildman–Crippen LogP) is 5.97. The lowest BCUT2D eigenvalue weighted by Crippen LogP contribution is -2.33. The van der Waals surface area contributed by atoms with Crippen LogP contribution in [0.15, 0.2) is 66.4 Å². The Morgan fingerprint density at radius 2 is 1.42 bits per heavy atom. The van der Waals surface area contributed by atoms with Gasteiger partial charge in [-0.15, -0.1) is 0 Å². The second kappa shape index (κ2) is 8.05. The summed E-state index contributed by atoms with van der Waals surface area (Å²) < 4.78 is 0. The summed E-state index contributed by atoms with van der Waals surface area (Å²) in [5.41, 5.74) is 6.55. The molecule has 1 aliphatic rings. The SMILES string of the molecule is Cc1ccc(C2=C(Nc3ccc(Cl)cc3C)C(=O)N(c3ccc(C)cc3C)C2=O)cc1. The van der Waals surface area contributed by atoms with E-state index >= 15 is 0 Å². The molecule has 4 rings (SSSR count). The highest BCUT2D eigenvalue weighted by atomic mass is 35.5. The first-order chi connectivity index (χ1) is 14.8. The molecule has 0 radical (unpaired) electrons. The number of carbonyl (C=O) groups is 2. The van der Waals surface area contributed by atoms with E-state index in [0.29, 0.717) is 21.8 Å². The van der Waals surface area contributed by atoms with Gasteiger partial charge in [0, 0.05) is 10.7 Å². The third-order valence-corrected chi connectivity index (χ3v) is 5.70. The van der Waals surface area contributed by atoms with Crippen LogP contribution in [0.25, 0.3) is 5.57 Å². The van der Waals surface area contributed by atoms with Crippen LogP contribution in [0.3, 0.4) is 0 Å². The van der Waals surface area contributed by atoms with Crippen LogP contribution in [-0.4, -0.2) is 11.8 Å². The van der Waals surface area contributed by atoms with Crippen LogP contribution in [0.4, 0.5) is 11.4 Å². The molecule has 1 heterocycles. The monoisotopic (exact) mass is 430 g/mol. The Kier molecular flexibility index (Phi) is 5.42. The van der Waals surface area contributed by atoms with Gasteiger partial charge in [-0.3, -0.25) is 9.59 Å². The smallest absolute Gasteiger partial charge is 0.282 e. The molecule has 156 valence electrons. The van der Waals surface area contributed by atoms with E-state index in [-0.39, 0.29) is 17.5 Å². The minimum absolute atomic E-state index is 0.263. The molecule has 0 fully saturated rings. The van der Waals surface area contributed by atoms with Crippen molar-refractivity contribution in [2.45, 2.75) is 27.7 Å². The highest BCUT2D eigenvalue weighted by molar-refractivity contribution is 6.46. The number of benzene rings is 3. The van der Waals surface area contributed by atoms with Gasteiger partial charge in [-0.2, -0.15) is 0 Å². The average molecular weight is 431 g/mol. The van der Waals surface area contributed by atoms with Crippen LogP contribution in [0.2, 0.25) is 5.02 Å². The third kappa shape index (κ3) is 3.87. The van der Waals surface area contributed by atoms with E-state index in [9.17, 15) is 9.59 Å². The van der Waals surface area contributed by atoms with Gasteiger partial charge in [0.05, 0.1) is 11.3 Å². The maximum atomic E-state index is 13.6. The number of aryl methyl sites for hydroxylation is 4. The fourth-order valence-electron chi connectivity index (χ4n) is 3.81. The van der Waals surface area contributed by atoms with Crippen LogP contribution in [0.1, 0.15) is 27.8 Å². The number of halogens is 1. The summed E-state index contributed by atoms with van der Waals surface area (Å²) in [5.74, 6) is -0.711. The first kappa shape index (κ1) is 20.9. The number of rotatable bonds is 4. The quantitative estimate of drug-likeness (QED) is 0.518. The lowest BCUT2D eigenvalue weighted by atomic mass is 10.0. The zero-order chi connectivity index (χ0) is 22.3. The Balaban J connectivity index is 1.85. The van der Waals surface area contributed by atoms with E-state index in [1.54, 1.807) is 6.07 Å². The molecule has 0 aliphatic carbocycles. The molecular formula is C26H23ClN2O2. The van der Waals surface area contributed by atoms with Crippen LogP contribution in [-0.2, 0) is 9.59 Å². The van der Waals surface area contributed by atoms with Crippen molar-refractivity contribution >= 4 is 40.4 Å². The van der Waals surface area contributed by atoms with Crippen molar-refractivity contribution in [2.75, 3.05) is 10.2 Å². The first-order valence-electron chi connectivity index (χ1n) is 10.1. The van der Waals surface area contributed by atoms with E-state index in [1.807, 2.05) is 82.3 Å². The summed E-state index contributed by atoms with van der Waals surface area (Å²) in [6, 6.07) is 18.7. The minimum Gasteiger partial charge on any atom is -0.350 e. The number of carbonyl (C=O) groups excluding carboxylic acids is 2. The Morgan fingerprint density at radius 1 is 0.742 bits per heavy atom. The van der Waals surface area contributed by atoms with Gasteiger partial charge in [0.15, 0.2) is 0 Å². The second-order valence-corrected chi connectivity index (χ2v) is 8.37. The zero-order valence-electron chi connectivity index (χ0n) is 17.9. The van der Waals surface area contributed by atoms with Gasteiger partial charge in [0.2, 0.25) is 0 Å². The molecular weight excluding hydrogens is 408 g/mol. The minimum atomic E-state index is -0.373. The fraction of sp³-hybridized carbons (Fsp3) is 0.154. The van der Waals surface area contributed by atoms with E-state index in [4.69, 9.17) is 11.6 Å². The summed E-state index contributed by atoms with van der Waals surface area (Å²) in [6.45, 7) is 7.78. The van der Waals surface area contributed by atoms with Gasteiger partial charge < -0.3 is 5.32 Å². The van der Waals surface area contributed by atoms with Gasteiger partial charge in [-0.1, -0.05) is 59.1 Å². The van der Waals surface area contributed by atoms with Crippen molar-refractivity contribution in [3.63, 3.8) is 0 Å². The van der Waals surface area contributed by atoms with E-state index in [2.05, 4.69) is 5.32 Å². The van der Waals surface area contributed by atoms with Crippen LogP contribution < -0.4 is 10.2 Å². The maximum absolute atomic E-state index is 13.6. The molecule has 4 nitrogen and oxygen atoms in total. The molecule has 2 amide bonds. The van der Waals surface area contributed by atoms with Gasteiger partial charge in [0.25, 0.3) is 11.8 Å². The molecule has 0 saturated carbocycles. The average Bonchev–Trinajstić information content (AvgIpc) is 2.95. The molecule has 31 heavy (non-hydrogen) atoms. The molecule has 0 spiro atoms. The van der Waals surface area contributed by atoms with Crippen molar-refractivity contribution in [3.05, 3.63) is 99.2 Å². The molecule has 3 aromatic rings. The number of imide groups is 1. The molecule has 1 N–H and O–H groups in total. The number of nitrogens with zero attached hydrogens (tertiary/aromatic N) is 1. The third-order valence-electron chi connectivity index (χ3n) is 5.47. The Bertz CT molecular complexity index is 1240. The maximum Gasteiger partial charge on any atom is 0.282 e. The largest absolute Gasteiger partial charge is 0.350 e. The van der Waals surface area contributed by atoms with E-state index in [1.165, 1.54) is 4.90 Å². The molecule has 1 aliphatic heterocycles. The van der Waals surface area contributed by atoms with Gasteiger partial charge in [0.1, 0.15) is 5.70 Å². The topological polar surface area (TPSA) is 49.4 Å². The number of hydrogen-bond donors (Lipinski definition) is 1. The van der Waals surface area contributed by atoms with Gasteiger partial charge in [-0.05, 0) is 68.7 Å². The first-order valence-corrected chi connectivity index (χ1v) is 10.4. The second-order valence-electron chi connectivity index (χ2n) is 7.94. The number of anilines is 2. The number of nitrogens with one attached hydrogen (secondary N) is 1. The van der Waals surface area contributed by atoms with E-state index in [0.717, 1.165) is 27.9 Å². The lowest BCUT2D eigenvalue weighted by molar-refractivity contribution is -0.120. The molecule has 0 aromatic heterocycles. The zero-order valence-corrected chi connectivity index (χ0v) is 18.7. The van der Waals surface area contributed by atoms with Crippen molar-refractivity contribution in [3.8, 4) is 0 Å².